The second kappa shape index (κ2) is 4.98. The van der Waals surface area contributed by atoms with Gasteiger partial charge < -0.3 is 5.11 Å². The molecule has 1 N–H and O–H groups in total. The number of benzene rings is 2. The topological polar surface area (TPSA) is 20.2 Å². The predicted octanol–water partition coefficient (Wildman–Crippen LogP) is 4.39. The van der Waals surface area contributed by atoms with Gasteiger partial charge in [-0.15, -0.1) is 0 Å². The molecule has 0 spiro atoms. The first-order valence-electron chi connectivity index (χ1n) is 6.87. The summed E-state index contributed by atoms with van der Waals surface area (Å²) in [5.74, 6) is -1.15. The lowest BCUT2D eigenvalue weighted by atomic mass is 9.91. The summed E-state index contributed by atoms with van der Waals surface area (Å²) < 4.78 is 26.6. The van der Waals surface area contributed by atoms with E-state index in [0.29, 0.717) is 11.1 Å². The van der Waals surface area contributed by atoms with Gasteiger partial charge >= 0.3 is 0 Å². The quantitative estimate of drug-likeness (QED) is 0.861. The summed E-state index contributed by atoms with van der Waals surface area (Å²) in [5, 5.41) is 10.5. The van der Waals surface area contributed by atoms with Crippen LogP contribution in [0.2, 0.25) is 0 Å². The second-order valence-corrected chi connectivity index (χ2v) is 5.44. The Morgan fingerprint density at radius 2 is 1.55 bits per heavy atom. The number of hydrogen-bond acceptors (Lipinski definition) is 1. The Morgan fingerprint density at radius 1 is 0.900 bits per heavy atom. The smallest absolute Gasteiger partial charge is 0.133 e. The SMILES string of the molecule is OC1(c2ccc(-c3ccc(F)cc3F)cc2)CCCC1. The summed E-state index contributed by atoms with van der Waals surface area (Å²) in [5.41, 5.74) is 1.20. The molecule has 2 aromatic carbocycles. The van der Waals surface area contributed by atoms with Gasteiger partial charge in [-0.3, -0.25) is 0 Å². The van der Waals surface area contributed by atoms with Gasteiger partial charge in [0.25, 0.3) is 0 Å². The van der Waals surface area contributed by atoms with Gasteiger partial charge in [0.05, 0.1) is 5.60 Å². The van der Waals surface area contributed by atoms with Gasteiger partial charge in [0.15, 0.2) is 0 Å². The molecule has 0 unspecified atom stereocenters. The predicted molar refractivity (Wildman–Crippen MR) is 74.2 cm³/mol. The molecule has 1 aliphatic carbocycles. The van der Waals surface area contributed by atoms with Gasteiger partial charge in [-0.25, -0.2) is 8.78 Å². The molecular weight excluding hydrogens is 258 g/mol. The van der Waals surface area contributed by atoms with Crippen LogP contribution in [0.5, 0.6) is 0 Å². The van der Waals surface area contributed by atoms with Gasteiger partial charge in [0.1, 0.15) is 11.6 Å². The van der Waals surface area contributed by atoms with Crippen molar-refractivity contribution in [3.63, 3.8) is 0 Å². The van der Waals surface area contributed by atoms with Crippen LogP contribution in [0.4, 0.5) is 8.78 Å². The minimum absolute atomic E-state index is 0.372. The normalized spacial score (nSPS) is 17.4. The van der Waals surface area contributed by atoms with E-state index in [1.807, 2.05) is 12.1 Å². The van der Waals surface area contributed by atoms with E-state index in [-0.39, 0.29) is 0 Å². The zero-order chi connectivity index (χ0) is 14.2. The van der Waals surface area contributed by atoms with Crippen molar-refractivity contribution >= 4 is 0 Å². The molecule has 3 heteroatoms. The van der Waals surface area contributed by atoms with E-state index in [4.69, 9.17) is 0 Å². The molecular formula is C17H16F2O. The minimum atomic E-state index is -0.736. The fraction of sp³-hybridized carbons (Fsp3) is 0.294. The fourth-order valence-corrected chi connectivity index (χ4v) is 2.93. The van der Waals surface area contributed by atoms with Gasteiger partial charge in [0, 0.05) is 11.6 Å². The summed E-state index contributed by atoms with van der Waals surface area (Å²) >= 11 is 0. The summed E-state index contributed by atoms with van der Waals surface area (Å²) in [7, 11) is 0. The van der Waals surface area contributed by atoms with Gasteiger partial charge in [-0.05, 0) is 36.1 Å². The lowest BCUT2D eigenvalue weighted by Crippen LogP contribution is -2.20. The fourth-order valence-electron chi connectivity index (χ4n) is 2.93. The highest BCUT2D eigenvalue weighted by Crippen LogP contribution is 2.39. The third-order valence-electron chi connectivity index (χ3n) is 4.10. The van der Waals surface area contributed by atoms with Crippen LogP contribution < -0.4 is 0 Å². The van der Waals surface area contributed by atoms with Crippen molar-refractivity contribution in [1.29, 1.82) is 0 Å². The summed E-state index contributed by atoms with van der Waals surface area (Å²) in [6.07, 6.45) is 3.62. The first-order chi connectivity index (χ1) is 9.58. The standard InChI is InChI=1S/C17H16F2O/c18-14-7-8-15(16(19)11-14)12-3-5-13(6-4-12)17(20)9-1-2-10-17/h3-8,11,20H,1-2,9-10H2. The molecule has 0 aliphatic heterocycles. The van der Waals surface area contributed by atoms with Crippen molar-refractivity contribution in [2.24, 2.45) is 0 Å². The Labute approximate surface area is 116 Å². The Bertz CT molecular complexity index is 613. The summed E-state index contributed by atoms with van der Waals surface area (Å²) in [4.78, 5) is 0. The molecule has 20 heavy (non-hydrogen) atoms. The van der Waals surface area contributed by atoms with Crippen LogP contribution in [0.25, 0.3) is 11.1 Å². The van der Waals surface area contributed by atoms with E-state index in [1.165, 1.54) is 12.1 Å². The molecule has 1 saturated carbocycles. The van der Waals surface area contributed by atoms with Crippen molar-refractivity contribution in [2.45, 2.75) is 31.3 Å². The van der Waals surface area contributed by atoms with E-state index in [0.717, 1.165) is 37.3 Å². The summed E-state index contributed by atoms with van der Waals surface area (Å²) in [6, 6.07) is 10.8. The van der Waals surface area contributed by atoms with E-state index in [1.54, 1.807) is 12.1 Å². The van der Waals surface area contributed by atoms with Crippen LogP contribution in [-0.4, -0.2) is 5.11 Å². The summed E-state index contributed by atoms with van der Waals surface area (Å²) in [6.45, 7) is 0. The molecule has 1 fully saturated rings. The highest BCUT2D eigenvalue weighted by atomic mass is 19.1. The van der Waals surface area contributed by atoms with Crippen molar-refractivity contribution in [3.05, 3.63) is 59.7 Å². The second-order valence-electron chi connectivity index (χ2n) is 5.44. The van der Waals surface area contributed by atoms with Gasteiger partial charge in [-0.2, -0.15) is 0 Å². The molecule has 0 atom stereocenters. The van der Waals surface area contributed by atoms with Crippen LogP contribution in [0.15, 0.2) is 42.5 Å². The average molecular weight is 274 g/mol. The molecule has 0 bridgehead atoms. The van der Waals surface area contributed by atoms with Crippen molar-refractivity contribution < 1.29 is 13.9 Å². The average Bonchev–Trinajstić information content (AvgIpc) is 2.87. The van der Waals surface area contributed by atoms with E-state index in [2.05, 4.69) is 0 Å². The van der Waals surface area contributed by atoms with E-state index < -0.39 is 17.2 Å². The first-order valence-corrected chi connectivity index (χ1v) is 6.87. The monoisotopic (exact) mass is 274 g/mol. The van der Waals surface area contributed by atoms with Crippen LogP contribution in [-0.2, 0) is 5.60 Å². The molecule has 1 aliphatic rings. The molecule has 104 valence electrons. The molecule has 1 nitrogen and oxygen atoms in total. The van der Waals surface area contributed by atoms with Gasteiger partial charge in [0.2, 0.25) is 0 Å². The molecule has 0 amide bonds. The molecule has 0 radical (unpaired) electrons. The highest BCUT2D eigenvalue weighted by molar-refractivity contribution is 5.64. The Kier molecular flexibility index (Phi) is 3.30. The van der Waals surface area contributed by atoms with Crippen molar-refractivity contribution in [2.75, 3.05) is 0 Å². The lowest BCUT2D eigenvalue weighted by molar-refractivity contribution is 0.0445. The van der Waals surface area contributed by atoms with Crippen molar-refractivity contribution in [3.8, 4) is 11.1 Å². The molecule has 2 aromatic rings. The third kappa shape index (κ3) is 2.34. The molecule has 0 aromatic heterocycles. The maximum absolute atomic E-state index is 13.7. The third-order valence-corrected chi connectivity index (χ3v) is 4.10. The van der Waals surface area contributed by atoms with E-state index in [9.17, 15) is 13.9 Å². The zero-order valence-electron chi connectivity index (χ0n) is 11.1. The largest absolute Gasteiger partial charge is 0.385 e. The van der Waals surface area contributed by atoms with E-state index >= 15 is 0 Å². The highest BCUT2D eigenvalue weighted by Gasteiger charge is 2.32. The first kappa shape index (κ1) is 13.3. The maximum Gasteiger partial charge on any atom is 0.133 e. The Morgan fingerprint density at radius 3 is 2.15 bits per heavy atom. The number of halogens is 2. The zero-order valence-corrected chi connectivity index (χ0v) is 11.1. The van der Waals surface area contributed by atoms with Crippen LogP contribution in [0, 0.1) is 11.6 Å². The minimum Gasteiger partial charge on any atom is -0.385 e. The Balaban J connectivity index is 1.93. The Hall–Kier alpha value is -1.74. The molecule has 3 rings (SSSR count). The molecule has 0 heterocycles. The van der Waals surface area contributed by atoms with Gasteiger partial charge in [-0.1, -0.05) is 37.1 Å². The van der Waals surface area contributed by atoms with Crippen molar-refractivity contribution in [1.82, 2.24) is 0 Å². The number of aliphatic hydroxyl groups is 1. The number of hydrogen-bond donors (Lipinski definition) is 1. The lowest BCUT2D eigenvalue weighted by Gasteiger charge is -2.22. The van der Waals surface area contributed by atoms with Crippen LogP contribution >= 0.6 is 0 Å². The number of rotatable bonds is 2. The van der Waals surface area contributed by atoms with Crippen LogP contribution in [0.3, 0.4) is 0 Å². The van der Waals surface area contributed by atoms with Crippen LogP contribution in [0.1, 0.15) is 31.2 Å². The molecule has 0 saturated heterocycles. The maximum atomic E-state index is 13.7.